The fraction of sp³-hybridized carbons (Fsp3) is 0.500. The van der Waals surface area contributed by atoms with Gasteiger partial charge in [0.2, 0.25) is 5.91 Å². The van der Waals surface area contributed by atoms with Gasteiger partial charge in [0.15, 0.2) is 0 Å². The monoisotopic (exact) mass is 284 g/mol. The van der Waals surface area contributed by atoms with E-state index in [9.17, 15) is 4.79 Å². The smallest absolute Gasteiger partial charge is 0.224 e. The Labute approximate surface area is 120 Å². The molecule has 1 heterocycles. The molecule has 2 atom stereocenters. The molecule has 0 spiro atoms. The summed E-state index contributed by atoms with van der Waals surface area (Å²) in [5, 5.41) is 2.99. The second kappa shape index (κ2) is 7.36. The van der Waals surface area contributed by atoms with E-state index in [1.165, 1.54) is 0 Å². The summed E-state index contributed by atoms with van der Waals surface area (Å²) >= 11 is 0. The van der Waals surface area contributed by atoms with Crippen LogP contribution in [-0.4, -0.2) is 24.7 Å². The maximum atomic E-state index is 11.9. The van der Waals surface area contributed by atoms with Crippen LogP contribution in [0.25, 0.3) is 0 Å². The number of hydrogen-bond donors (Lipinski definition) is 2. The number of carbonyl (C=O) groups excluding carboxylic acids is 1. The maximum absolute atomic E-state index is 11.9. The lowest BCUT2D eigenvalue weighted by Crippen LogP contribution is -2.41. The van der Waals surface area contributed by atoms with Crippen LogP contribution in [0.1, 0.15) is 25.3 Å². The summed E-state index contributed by atoms with van der Waals surface area (Å²) in [5.74, 6) is 0.0303. The van der Waals surface area contributed by atoms with Crippen LogP contribution in [0.4, 0.5) is 5.69 Å². The molecule has 106 valence electrons. The number of anilines is 1. The molecule has 0 saturated carbocycles. The highest BCUT2D eigenvalue weighted by atomic mass is 35.5. The van der Waals surface area contributed by atoms with Gasteiger partial charge < -0.3 is 15.8 Å². The number of hydrogen-bond acceptors (Lipinski definition) is 3. The first kappa shape index (κ1) is 15.8. The first-order valence-corrected chi connectivity index (χ1v) is 6.40. The van der Waals surface area contributed by atoms with Crippen LogP contribution in [0.5, 0.6) is 0 Å². The lowest BCUT2D eigenvalue weighted by Gasteiger charge is -2.20. The molecule has 19 heavy (non-hydrogen) atoms. The van der Waals surface area contributed by atoms with E-state index in [1.54, 1.807) is 0 Å². The number of nitrogens with two attached hydrogens (primary N) is 1. The van der Waals surface area contributed by atoms with E-state index >= 15 is 0 Å². The van der Waals surface area contributed by atoms with Gasteiger partial charge >= 0.3 is 0 Å². The van der Waals surface area contributed by atoms with E-state index in [4.69, 9.17) is 10.5 Å². The van der Waals surface area contributed by atoms with E-state index in [1.807, 2.05) is 31.2 Å². The molecule has 0 bridgehead atoms. The number of benzene rings is 1. The van der Waals surface area contributed by atoms with Crippen molar-refractivity contribution in [3.05, 3.63) is 29.8 Å². The highest BCUT2D eigenvalue weighted by Gasteiger charge is 2.23. The first-order chi connectivity index (χ1) is 8.65. The van der Waals surface area contributed by atoms with Crippen LogP contribution in [0.15, 0.2) is 24.3 Å². The lowest BCUT2D eigenvalue weighted by atomic mass is 10.1. The summed E-state index contributed by atoms with van der Waals surface area (Å²) < 4.78 is 5.55. The van der Waals surface area contributed by atoms with Crippen LogP contribution >= 0.6 is 12.4 Å². The van der Waals surface area contributed by atoms with Crippen molar-refractivity contribution in [1.29, 1.82) is 0 Å². The van der Waals surface area contributed by atoms with Gasteiger partial charge in [-0.15, -0.1) is 12.4 Å². The average molecular weight is 285 g/mol. The molecule has 1 saturated heterocycles. The Balaban J connectivity index is 0.00000180. The van der Waals surface area contributed by atoms with Crippen LogP contribution in [0.3, 0.4) is 0 Å². The Morgan fingerprint density at radius 1 is 1.47 bits per heavy atom. The number of rotatable bonds is 4. The van der Waals surface area contributed by atoms with Crippen molar-refractivity contribution in [3.63, 3.8) is 0 Å². The fourth-order valence-corrected chi connectivity index (χ4v) is 2.22. The van der Waals surface area contributed by atoms with Crippen molar-refractivity contribution in [2.75, 3.05) is 12.3 Å². The summed E-state index contributed by atoms with van der Waals surface area (Å²) in [4.78, 5) is 11.9. The van der Waals surface area contributed by atoms with E-state index in [0.717, 1.165) is 25.0 Å². The van der Waals surface area contributed by atoms with E-state index in [0.29, 0.717) is 12.1 Å². The number of amides is 1. The van der Waals surface area contributed by atoms with Gasteiger partial charge in [-0.05, 0) is 37.5 Å². The van der Waals surface area contributed by atoms with Gasteiger partial charge in [-0.3, -0.25) is 4.79 Å². The molecule has 4 nitrogen and oxygen atoms in total. The first-order valence-electron chi connectivity index (χ1n) is 6.40. The van der Waals surface area contributed by atoms with Crippen molar-refractivity contribution < 1.29 is 9.53 Å². The van der Waals surface area contributed by atoms with E-state index < -0.39 is 0 Å². The molecule has 2 rings (SSSR count). The molecule has 3 N–H and O–H groups in total. The zero-order chi connectivity index (χ0) is 13.0. The standard InChI is InChI=1S/C14H20N2O2.ClH/c1-10(13-3-2-8-18-13)16-14(17)9-11-4-6-12(15)7-5-11;/h4-7,10,13H,2-3,8-9,15H2,1H3,(H,16,17);1H. The number of nitrogens with one attached hydrogen (secondary N) is 1. The highest BCUT2D eigenvalue weighted by Crippen LogP contribution is 2.15. The van der Waals surface area contributed by atoms with E-state index in [-0.39, 0.29) is 30.5 Å². The second-order valence-electron chi connectivity index (χ2n) is 4.83. The number of halogens is 1. The average Bonchev–Trinajstić information content (AvgIpc) is 2.85. The lowest BCUT2D eigenvalue weighted by molar-refractivity contribution is -0.121. The minimum absolute atomic E-state index is 0. The summed E-state index contributed by atoms with van der Waals surface area (Å²) in [5.41, 5.74) is 7.29. The molecule has 1 fully saturated rings. The Kier molecular flexibility index (Phi) is 6.12. The number of carbonyl (C=O) groups is 1. The third kappa shape index (κ3) is 4.73. The van der Waals surface area contributed by atoms with Gasteiger partial charge in [-0.25, -0.2) is 0 Å². The molecule has 2 unspecified atom stereocenters. The summed E-state index contributed by atoms with van der Waals surface area (Å²) in [7, 11) is 0. The molecular formula is C14H21ClN2O2. The topological polar surface area (TPSA) is 64.4 Å². The van der Waals surface area contributed by atoms with Gasteiger partial charge in [0, 0.05) is 12.3 Å². The van der Waals surface area contributed by atoms with Gasteiger partial charge in [0.25, 0.3) is 0 Å². The molecule has 5 heteroatoms. The van der Waals surface area contributed by atoms with Crippen LogP contribution in [-0.2, 0) is 16.0 Å². The van der Waals surface area contributed by atoms with Crippen molar-refractivity contribution in [1.82, 2.24) is 5.32 Å². The molecule has 1 aliphatic heterocycles. The Bertz CT molecular complexity index is 402. The van der Waals surface area contributed by atoms with Gasteiger partial charge in [0.1, 0.15) is 0 Å². The second-order valence-corrected chi connectivity index (χ2v) is 4.83. The predicted octanol–water partition coefficient (Wildman–Crippen LogP) is 1.92. The minimum Gasteiger partial charge on any atom is -0.399 e. The Morgan fingerprint density at radius 3 is 2.74 bits per heavy atom. The third-order valence-corrected chi connectivity index (χ3v) is 3.26. The van der Waals surface area contributed by atoms with Crippen LogP contribution in [0.2, 0.25) is 0 Å². The number of ether oxygens (including phenoxy) is 1. The molecule has 1 aromatic rings. The third-order valence-electron chi connectivity index (χ3n) is 3.26. The van der Waals surface area contributed by atoms with Crippen molar-refractivity contribution in [2.24, 2.45) is 0 Å². The Hall–Kier alpha value is -1.26. The van der Waals surface area contributed by atoms with Gasteiger partial charge in [0.05, 0.1) is 18.6 Å². The van der Waals surface area contributed by atoms with E-state index in [2.05, 4.69) is 5.32 Å². The van der Waals surface area contributed by atoms with Crippen molar-refractivity contribution in [2.45, 2.75) is 38.3 Å². The summed E-state index contributed by atoms with van der Waals surface area (Å²) in [6.07, 6.45) is 2.67. The normalized spacial score (nSPS) is 19.5. The molecule has 0 radical (unpaired) electrons. The van der Waals surface area contributed by atoms with Gasteiger partial charge in [-0.2, -0.15) is 0 Å². The van der Waals surface area contributed by atoms with Crippen LogP contribution in [0, 0.1) is 0 Å². The molecular weight excluding hydrogens is 264 g/mol. The summed E-state index contributed by atoms with van der Waals surface area (Å²) in [6, 6.07) is 7.46. The molecule has 0 aromatic heterocycles. The van der Waals surface area contributed by atoms with Crippen LogP contribution < -0.4 is 11.1 Å². The molecule has 0 aliphatic carbocycles. The predicted molar refractivity (Wildman–Crippen MR) is 78.4 cm³/mol. The molecule has 1 aromatic carbocycles. The summed E-state index contributed by atoms with van der Waals surface area (Å²) in [6.45, 7) is 2.81. The maximum Gasteiger partial charge on any atom is 0.224 e. The largest absolute Gasteiger partial charge is 0.399 e. The number of nitrogen functional groups attached to an aromatic ring is 1. The van der Waals surface area contributed by atoms with Gasteiger partial charge in [-0.1, -0.05) is 12.1 Å². The fourth-order valence-electron chi connectivity index (χ4n) is 2.22. The minimum atomic E-state index is 0. The quantitative estimate of drug-likeness (QED) is 0.830. The highest BCUT2D eigenvalue weighted by molar-refractivity contribution is 5.85. The molecule has 1 amide bonds. The van der Waals surface area contributed by atoms with Crippen molar-refractivity contribution >= 4 is 24.0 Å². The zero-order valence-electron chi connectivity index (χ0n) is 11.1. The zero-order valence-corrected chi connectivity index (χ0v) is 11.9. The van der Waals surface area contributed by atoms with Crippen molar-refractivity contribution in [3.8, 4) is 0 Å². The molecule has 1 aliphatic rings. The Morgan fingerprint density at radius 2 is 2.16 bits per heavy atom. The SMILES string of the molecule is CC(NC(=O)Cc1ccc(N)cc1)C1CCCO1.Cl.